The maximum absolute atomic E-state index is 13.5. The van der Waals surface area contributed by atoms with E-state index in [1.54, 1.807) is 12.1 Å². The first-order valence-corrected chi connectivity index (χ1v) is 13.7. The van der Waals surface area contributed by atoms with Gasteiger partial charge in [0, 0.05) is 18.7 Å². The molecule has 3 N–H and O–H groups in total. The quantitative estimate of drug-likeness (QED) is 0.221. The Labute approximate surface area is 213 Å². The second kappa shape index (κ2) is 9.73. The molecule has 0 radical (unpaired) electrons. The molecule has 0 aliphatic heterocycles. The van der Waals surface area contributed by atoms with Gasteiger partial charge in [-0.3, -0.25) is 9.35 Å². The zero-order valence-corrected chi connectivity index (χ0v) is 21.2. The Balaban J connectivity index is 1.86. The summed E-state index contributed by atoms with van der Waals surface area (Å²) in [6.45, 7) is 3.12. The van der Waals surface area contributed by atoms with Crippen molar-refractivity contribution in [2.75, 3.05) is 5.32 Å². The highest BCUT2D eigenvalue weighted by atomic mass is 32.2. The number of amides is 1. The molecular weight excluding hydrogens is 518 g/mol. The summed E-state index contributed by atoms with van der Waals surface area (Å²) in [5.74, 6) is -0.850. The molecular formula is C25H21N3O7S2. The lowest BCUT2D eigenvalue weighted by molar-refractivity contribution is -0.114. The van der Waals surface area contributed by atoms with Crippen LogP contribution in [-0.4, -0.2) is 32.4 Å². The van der Waals surface area contributed by atoms with Crippen LogP contribution in [0.1, 0.15) is 12.5 Å². The van der Waals surface area contributed by atoms with Crippen molar-refractivity contribution < 1.29 is 31.3 Å². The summed E-state index contributed by atoms with van der Waals surface area (Å²) in [6, 6.07) is 17.0. The van der Waals surface area contributed by atoms with E-state index in [1.165, 1.54) is 61.5 Å². The van der Waals surface area contributed by atoms with E-state index in [0.29, 0.717) is 0 Å². The van der Waals surface area contributed by atoms with Gasteiger partial charge in [-0.05, 0) is 54.8 Å². The number of rotatable bonds is 6. The Morgan fingerprint density at radius 3 is 2.16 bits per heavy atom. The van der Waals surface area contributed by atoms with Crippen LogP contribution in [0.5, 0.6) is 5.75 Å². The van der Waals surface area contributed by atoms with Crippen LogP contribution in [0.3, 0.4) is 0 Å². The molecule has 0 fully saturated rings. The molecule has 0 heterocycles. The van der Waals surface area contributed by atoms with Crippen LogP contribution in [0, 0.1) is 6.92 Å². The van der Waals surface area contributed by atoms with Gasteiger partial charge in [0.15, 0.2) is 0 Å². The van der Waals surface area contributed by atoms with Crippen LogP contribution in [0.25, 0.3) is 10.8 Å². The molecule has 0 unspecified atom stereocenters. The fourth-order valence-corrected chi connectivity index (χ4v) is 5.59. The van der Waals surface area contributed by atoms with E-state index < -0.39 is 30.6 Å². The summed E-state index contributed by atoms with van der Waals surface area (Å²) >= 11 is 0. The van der Waals surface area contributed by atoms with Gasteiger partial charge in [0.2, 0.25) is 15.7 Å². The van der Waals surface area contributed by atoms with Crippen molar-refractivity contribution >= 4 is 53.7 Å². The topological polar surface area (TPSA) is 163 Å². The minimum absolute atomic E-state index is 0.0232. The van der Waals surface area contributed by atoms with Crippen LogP contribution >= 0.6 is 0 Å². The molecule has 0 saturated heterocycles. The van der Waals surface area contributed by atoms with Gasteiger partial charge in [0.1, 0.15) is 16.3 Å². The fraction of sp³-hybridized carbons (Fsp3) is 0.0800. The molecule has 4 rings (SSSR count). The van der Waals surface area contributed by atoms with Gasteiger partial charge < -0.3 is 10.4 Å². The summed E-state index contributed by atoms with van der Waals surface area (Å²) in [6.07, 6.45) is 0. The minimum Gasteiger partial charge on any atom is -0.507 e. The number of aromatic hydroxyl groups is 1. The third-order valence-corrected chi connectivity index (χ3v) is 8.00. The highest BCUT2D eigenvalue weighted by Gasteiger charge is 2.23. The van der Waals surface area contributed by atoms with Gasteiger partial charge in [-0.1, -0.05) is 29.8 Å². The lowest BCUT2D eigenvalue weighted by atomic mass is 10.1. The van der Waals surface area contributed by atoms with Gasteiger partial charge in [-0.2, -0.15) is 8.42 Å². The molecule has 4 aromatic rings. The number of carbonyl (C=O) groups is 1. The Bertz CT molecular complexity index is 1780. The van der Waals surface area contributed by atoms with Gasteiger partial charge >= 0.3 is 0 Å². The van der Waals surface area contributed by atoms with E-state index in [1.807, 2.05) is 6.92 Å². The average Bonchev–Trinajstić information content (AvgIpc) is 2.82. The zero-order chi connectivity index (χ0) is 27.0. The van der Waals surface area contributed by atoms with E-state index in [9.17, 15) is 31.3 Å². The molecule has 1 amide bonds. The SMILES string of the molecule is CC(=O)Nc1ccc(N=Nc2cccc3cc(S(=O)(=O)O)cc(O)c23)c(S(=O)(=O)c2ccc(C)cc2)c1. The van der Waals surface area contributed by atoms with Crippen molar-refractivity contribution in [2.24, 2.45) is 10.2 Å². The van der Waals surface area contributed by atoms with E-state index in [2.05, 4.69) is 15.5 Å². The van der Waals surface area contributed by atoms with Crippen molar-refractivity contribution in [3.8, 4) is 5.75 Å². The second-order valence-corrected chi connectivity index (χ2v) is 11.5. The molecule has 37 heavy (non-hydrogen) atoms. The highest BCUT2D eigenvalue weighted by Crippen LogP contribution is 2.38. The normalized spacial score (nSPS) is 12.2. The number of phenolic OH excluding ortho intramolecular Hbond substituents is 1. The van der Waals surface area contributed by atoms with Crippen LogP contribution in [-0.2, 0) is 24.7 Å². The van der Waals surface area contributed by atoms with Crippen molar-refractivity contribution in [3.63, 3.8) is 0 Å². The molecule has 190 valence electrons. The van der Waals surface area contributed by atoms with Gasteiger partial charge in [-0.25, -0.2) is 8.42 Å². The maximum atomic E-state index is 13.5. The molecule has 0 aliphatic rings. The third-order valence-electron chi connectivity index (χ3n) is 5.37. The Hall–Kier alpha value is -4.13. The van der Waals surface area contributed by atoms with Gasteiger partial charge in [0.25, 0.3) is 10.1 Å². The standard InChI is InChI=1S/C25H21N3O7S2/c1-15-6-9-19(10-7-15)36(31,32)24-13-18(26-16(2)29)8-11-21(24)27-28-22-5-3-4-17-12-20(37(33,34)35)14-23(30)25(17)22/h3-14,30H,1-2H3,(H,26,29)(H,33,34,35). The summed E-state index contributed by atoms with van der Waals surface area (Å²) < 4.78 is 59.3. The summed E-state index contributed by atoms with van der Waals surface area (Å²) in [7, 11) is -8.63. The number of benzene rings is 4. The summed E-state index contributed by atoms with van der Waals surface area (Å²) in [4.78, 5) is 10.9. The number of nitrogens with one attached hydrogen (secondary N) is 1. The molecule has 0 aliphatic carbocycles. The lowest BCUT2D eigenvalue weighted by Gasteiger charge is -2.11. The third kappa shape index (κ3) is 5.50. The first-order chi connectivity index (χ1) is 17.4. The van der Waals surface area contributed by atoms with Crippen LogP contribution < -0.4 is 5.32 Å². The predicted octanol–water partition coefficient (Wildman–Crippen LogP) is 5.31. The molecule has 0 spiro atoms. The van der Waals surface area contributed by atoms with E-state index in [-0.39, 0.29) is 43.5 Å². The average molecular weight is 540 g/mol. The second-order valence-electron chi connectivity index (χ2n) is 8.17. The lowest BCUT2D eigenvalue weighted by Crippen LogP contribution is -2.08. The number of carbonyl (C=O) groups excluding carboxylic acids is 1. The smallest absolute Gasteiger partial charge is 0.294 e. The Morgan fingerprint density at radius 2 is 1.51 bits per heavy atom. The van der Waals surface area contributed by atoms with Gasteiger partial charge in [-0.15, -0.1) is 10.2 Å². The van der Waals surface area contributed by atoms with Crippen LogP contribution in [0.2, 0.25) is 0 Å². The summed E-state index contributed by atoms with van der Waals surface area (Å²) in [5, 5.41) is 21.7. The number of phenols is 1. The number of azo groups is 1. The van der Waals surface area contributed by atoms with Crippen molar-refractivity contribution in [3.05, 3.63) is 78.4 Å². The first-order valence-electron chi connectivity index (χ1n) is 10.7. The predicted molar refractivity (Wildman–Crippen MR) is 137 cm³/mol. The molecule has 4 aromatic carbocycles. The summed E-state index contributed by atoms with van der Waals surface area (Å²) in [5.41, 5.74) is 1.22. The number of hydrogen-bond donors (Lipinski definition) is 3. The number of nitrogens with zero attached hydrogens (tertiary/aromatic N) is 2. The number of aryl methyl sites for hydroxylation is 1. The first kappa shape index (κ1) is 25.9. The van der Waals surface area contributed by atoms with Crippen LogP contribution in [0.4, 0.5) is 17.1 Å². The Kier molecular flexibility index (Phi) is 6.82. The molecule has 0 saturated carbocycles. The number of anilines is 1. The monoisotopic (exact) mass is 539 g/mol. The molecule has 10 nitrogen and oxygen atoms in total. The minimum atomic E-state index is -4.56. The van der Waals surface area contributed by atoms with Crippen molar-refractivity contribution in [2.45, 2.75) is 28.5 Å². The van der Waals surface area contributed by atoms with Gasteiger partial charge in [0.05, 0.1) is 20.9 Å². The van der Waals surface area contributed by atoms with E-state index in [4.69, 9.17) is 0 Å². The fourth-order valence-electron chi connectivity index (χ4n) is 3.64. The zero-order valence-electron chi connectivity index (χ0n) is 19.6. The number of sulfone groups is 1. The number of fused-ring (bicyclic) bond motifs is 1. The highest BCUT2D eigenvalue weighted by molar-refractivity contribution is 7.91. The molecule has 0 bridgehead atoms. The van der Waals surface area contributed by atoms with E-state index >= 15 is 0 Å². The van der Waals surface area contributed by atoms with E-state index in [0.717, 1.165) is 11.6 Å². The largest absolute Gasteiger partial charge is 0.507 e. The maximum Gasteiger partial charge on any atom is 0.294 e. The van der Waals surface area contributed by atoms with Crippen molar-refractivity contribution in [1.29, 1.82) is 0 Å². The van der Waals surface area contributed by atoms with Crippen LogP contribution in [0.15, 0.2) is 97.7 Å². The Morgan fingerprint density at radius 1 is 0.838 bits per heavy atom. The molecule has 0 aromatic heterocycles. The number of hydrogen-bond acceptors (Lipinski definition) is 8. The molecule has 12 heteroatoms. The van der Waals surface area contributed by atoms with Crippen molar-refractivity contribution in [1.82, 2.24) is 0 Å². The molecule has 0 atom stereocenters.